The molecule has 4 saturated carbocycles. The fourth-order valence-electron chi connectivity index (χ4n) is 5.31. The van der Waals surface area contributed by atoms with Crippen molar-refractivity contribution in [3.8, 4) is 0 Å². The maximum Gasteiger partial charge on any atom is 0.315 e. The first kappa shape index (κ1) is 15.9. The second kappa shape index (κ2) is 6.35. The van der Waals surface area contributed by atoms with E-state index < -0.39 is 0 Å². The zero-order chi connectivity index (χ0) is 16.6. The highest BCUT2D eigenvalue weighted by molar-refractivity contribution is 7.13. The van der Waals surface area contributed by atoms with Gasteiger partial charge in [-0.25, -0.2) is 9.78 Å². The van der Waals surface area contributed by atoms with E-state index in [1.165, 1.54) is 30.6 Å². The molecule has 3 amide bonds. The molecule has 0 atom stereocenters. The fourth-order valence-corrected chi connectivity index (χ4v) is 5.85. The second-order valence-corrected chi connectivity index (χ2v) is 8.61. The molecule has 7 heteroatoms. The SMILES string of the molecule is O=C(CCNC(=O)NC12CC3CC(CC(C3)C1)C2)Nc1nccs1. The maximum atomic E-state index is 12.3. The van der Waals surface area contributed by atoms with Crippen molar-refractivity contribution >= 4 is 28.4 Å². The molecule has 4 aliphatic carbocycles. The number of anilines is 1. The minimum absolute atomic E-state index is 0.0159. The summed E-state index contributed by atoms with van der Waals surface area (Å²) in [4.78, 5) is 28.1. The summed E-state index contributed by atoms with van der Waals surface area (Å²) in [6.07, 6.45) is 9.40. The summed E-state index contributed by atoms with van der Waals surface area (Å²) in [7, 11) is 0. The standard InChI is InChI=1S/C17H24N4O2S/c22-14(20-16-19-3-4-24-16)1-2-18-15(23)21-17-8-11-5-12(9-17)7-13(6-11)10-17/h3-4,11-13H,1-2,5-10H2,(H2,18,21,23)(H,19,20,22). The molecule has 0 spiro atoms. The molecule has 4 bridgehead atoms. The minimum atomic E-state index is -0.126. The highest BCUT2D eigenvalue weighted by Crippen LogP contribution is 2.55. The van der Waals surface area contributed by atoms with Gasteiger partial charge in [-0.3, -0.25) is 4.79 Å². The van der Waals surface area contributed by atoms with Gasteiger partial charge in [0.25, 0.3) is 0 Å². The first-order chi connectivity index (χ1) is 11.6. The van der Waals surface area contributed by atoms with Crippen molar-refractivity contribution in [2.75, 3.05) is 11.9 Å². The Labute approximate surface area is 145 Å². The number of thiazole rings is 1. The van der Waals surface area contributed by atoms with Crippen molar-refractivity contribution in [1.82, 2.24) is 15.6 Å². The van der Waals surface area contributed by atoms with Gasteiger partial charge in [0.15, 0.2) is 5.13 Å². The van der Waals surface area contributed by atoms with Crippen molar-refractivity contribution in [3.63, 3.8) is 0 Å². The van der Waals surface area contributed by atoms with Crippen LogP contribution in [0.5, 0.6) is 0 Å². The Balaban J connectivity index is 1.22. The molecule has 0 aliphatic heterocycles. The summed E-state index contributed by atoms with van der Waals surface area (Å²) < 4.78 is 0. The summed E-state index contributed by atoms with van der Waals surface area (Å²) in [6.45, 7) is 0.343. The van der Waals surface area contributed by atoms with Crippen LogP contribution in [0.4, 0.5) is 9.93 Å². The molecule has 4 aliphatic rings. The van der Waals surface area contributed by atoms with E-state index in [9.17, 15) is 9.59 Å². The van der Waals surface area contributed by atoms with Gasteiger partial charge in [0.2, 0.25) is 5.91 Å². The number of rotatable bonds is 5. The van der Waals surface area contributed by atoms with Crippen LogP contribution in [0.1, 0.15) is 44.9 Å². The van der Waals surface area contributed by atoms with E-state index in [-0.39, 0.29) is 23.9 Å². The molecular weight excluding hydrogens is 324 g/mol. The molecule has 0 aromatic carbocycles. The quantitative estimate of drug-likeness (QED) is 0.765. The van der Waals surface area contributed by atoms with Gasteiger partial charge in [-0.2, -0.15) is 0 Å². The Bertz CT molecular complexity index is 581. The first-order valence-corrected chi connectivity index (χ1v) is 9.73. The number of nitrogens with zero attached hydrogens (tertiary/aromatic N) is 1. The van der Waals surface area contributed by atoms with Crippen LogP contribution >= 0.6 is 11.3 Å². The molecule has 6 nitrogen and oxygen atoms in total. The number of aromatic nitrogens is 1. The van der Waals surface area contributed by atoms with E-state index in [0.717, 1.165) is 37.0 Å². The third kappa shape index (κ3) is 3.41. The lowest BCUT2D eigenvalue weighted by Crippen LogP contribution is -2.61. The number of hydrogen-bond acceptors (Lipinski definition) is 4. The lowest BCUT2D eigenvalue weighted by Gasteiger charge is -2.56. The highest BCUT2D eigenvalue weighted by atomic mass is 32.1. The number of urea groups is 1. The van der Waals surface area contributed by atoms with Gasteiger partial charge in [0.1, 0.15) is 0 Å². The van der Waals surface area contributed by atoms with Crippen LogP contribution in [0.25, 0.3) is 0 Å². The number of amides is 3. The number of carbonyl (C=O) groups is 2. The van der Waals surface area contributed by atoms with Gasteiger partial charge in [-0.05, 0) is 56.3 Å². The molecule has 130 valence electrons. The van der Waals surface area contributed by atoms with E-state index >= 15 is 0 Å². The van der Waals surface area contributed by atoms with Crippen LogP contribution in [-0.2, 0) is 4.79 Å². The third-order valence-electron chi connectivity index (χ3n) is 5.73. The van der Waals surface area contributed by atoms with Crippen molar-refractivity contribution in [2.45, 2.75) is 50.5 Å². The summed E-state index contributed by atoms with van der Waals surface area (Å²) in [5.74, 6) is 2.29. The topological polar surface area (TPSA) is 83.1 Å². The minimum Gasteiger partial charge on any atom is -0.338 e. The lowest BCUT2D eigenvalue weighted by molar-refractivity contribution is -0.116. The Morgan fingerprint density at radius 1 is 1.17 bits per heavy atom. The third-order valence-corrected chi connectivity index (χ3v) is 6.42. The predicted molar refractivity (Wildman–Crippen MR) is 92.8 cm³/mol. The zero-order valence-corrected chi connectivity index (χ0v) is 14.5. The number of nitrogens with one attached hydrogen (secondary N) is 3. The Morgan fingerprint density at radius 3 is 2.42 bits per heavy atom. The van der Waals surface area contributed by atoms with Gasteiger partial charge >= 0.3 is 6.03 Å². The normalized spacial score (nSPS) is 33.2. The fraction of sp³-hybridized carbons (Fsp3) is 0.706. The van der Waals surface area contributed by atoms with Crippen molar-refractivity contribution < 1.29 is 9.59 Å². The van der Waals surface area contributed by atoms with Crippen LogP contribution in [0.2, 0.25) is 0 Å². The molecule has 1 aromatic rings. The molecular formula is C17H24N4O2S. The van der Waals surface area contributed by atoms with Crippen molar-refractivity contribution in [2.24, 2.45) is 17.8 Å². The van der Waals surface area contributed by atoms with Gasteiger partial charge in [-0.1, -0.05) is 0 Å². The summed E-state index contributed by atoms with van der Waals surface area (Å²) in [5, 5.41) is 11.2. The summed E-state index contributed by atoms with van der Waals surface area (Å²) in [5.41, 5.74) is 0.0159. The monoisotopic (exact) mass is 348 g/mol. The van der Waals surface area contributed by atoms with E-state index in [2.05, 4.69) is 20.9 Å². The summed E-state index contributed by atoms with van der Waals surface area (Å²) >= 11 is 1.38. The van der Waals surface area contributed by atoms with Crippen molar-refractivity contribution in [3.05, 3.63) is 11.6 Å². The van der Waals surface area contributed by atoms with Crippen LogP contribution in [0.3, 0.4) is 0 Å². The smallest absolute Gasteiger partial charge is 0.315 e. The van der Waals surface area contributed by atoms with Crippen molar-refractivity contribution in [1.29, 1.82) is 0 Å². The molecule has 0 radical (unpaired) electrons. The van der Waals surface area contributed by atoms with Crippen LogP contribution in [-0.4, -0.2) is 29.0 Å². The molecule has 1 heterocycles. The first-order valence-electron chi connectivity index (χ1n) is 8.86. The molecule has 24 heavy (non-hydrogen) atoms. The Morgan fingerprint density at radius 2 is 1.83 bits per heavy atom. The molecule has 3 N–H and O–H groups in total. The largest absolute Gasteiger partial charge is 0.338 e. The molecule has 5 rings (SSSR count). The van der Waals surface area contributed by atoms with Gasteiger partial charge in [-0.15, -0.1) is 11.3 Å². The van der Waals surface area contributed by atoms with Crippen LogP contribution in [0, 0.1) is 17.8 Å². The Hall–Kier alpha value is -1.63. The van der Waals surface area contributed by atoms with Crippen LogP contribution < -0.4 is 16.0 Å². The van der Waals surface area contributed by atoms with E-state index in [1.54, 1.807) is 6.20 Å². The average molecular weight is 348 g/mol. The van der Waals surface area contributed by atoms with E-state index in [0.29, 0.717) is 11.7 Å². The molecule has 0 saturated heterocycles. The van der Waals surface area contributed by atoms with Gasteiger partial charge in [0.05, 0.1) is 0 Å². The summed E-state index contributed by atoms with van der Waals surface area (Å²) in [6, 6.07) is -0.126. The lowest BCUT2D eigenvalue weighted by atomic mass is 9.53. The second-order valence-electron chi connectivity index (χ2n) is 7.71. The van der Waals surface area contributed by atoms with E-state index in [1.807, 2.05) is 5.38 Å². The molecule has 1 aromatic heterocycles. The van der Waals surface area contributed by atoms with Gasteiger partial charge < -0.3 is 16.0 Å². The van der Waals surface area contributed by atoms with E-state index in [4.69, 9.17) is 0 Å². The van der Waals surface area contributed by atoms with Crippen LogP contribution in [0.15, 0.2) is 11.6 Å². The molecule has 4 fully saturated rings. The Kier molecular flexibility index (Phi) is 4.20. The number of hydrogen-bond donors (Lipinski definition) is 3. The molecule has 0 unspecified atom stereocenters. The highest BCUT2D eigenvalue weighted by Gasteiger charge is 2.51. The predicted octanol–water partition coefficient (Wildman–Crippen LogP) is 2.74. The average Bonchev–Trinajstić information content (AvgIpc) is 2.97. The zero-order valence-electron chi connectivity index (χ0n) is 13.7. The van der Waals surface area contributed by atoms with Gasteiger partial charge in [0, 0.05) is 30.1 Å². The number of carbonyl (C=O) groups excluding carboxylic acids is 2. The maximum absolute atomic E-state index is 12.3.